The number of alkyl halides is 1. The van der Waals surface area contributed by atoms with Crippen LogP contribution in [0.15, 0.2) is 54.7 Å². The van der Waals surface area contributed by atoms with Crippen LogP contribution in [-0.4, -0.2) is 33.8 Å². The molecular formula is C22H22FN5O. The van der Waals surface area contributed by atoms with E-state index in [1.54, 1.807) is 24.4 Å². The molecule has 6 nitrogen and oxygen atoms in total. The number of nitrogens with two attached hydrogens (primary N) is 1. The second kappa shape index (κ2) is 7.58. The van der Waals surface area contributed by atoms with Crippen LogP contribution in [-0.2, 0) is 5.41 Å². The number of amides is 1. The summed E-state index contributed by atoms with van der Waals surface area (Å²) in [6, 6.07) is 14.6. The lowest BCUT2D eigenvalue weighted by molar-refractivity contribution is 0.0993. The van der Waals surface area contributed by atoms with Crippen LogP contribution in [0.5, 0.6) is 0 Å². The van der Waals surface area contributed by atoms with Crippen LogP contribution in [0, 0.1) is 6.92 Å². The van der Waals surface area contributed by atoms with Gasteiger partial charge < -0.3 is 11.1 Å². The number of rotatable bonds is 6. The number of carbonyl (C=O) groups excluding carboxylic acids is 1. The smallest absolute Gasteiger partial charge is 0.248 e. The molecule has 1 fully saturated rings. The third-order valence-corrected chi connectivity index (χ3v) is 5.45. The Morgan fingerprint density at radius 3 is 2.69 bits per heavy atom. The third kappa shape index (κ3) is 3.81. The van der Waals surface area contributed by atoms with Crippen molar-refractivity contribution in [2.45, 2.75) is 31.4 Å². The molecule has 1 saturated carbocycles. The number of carbonyl (C=O) groups is 1. The molecule has 2 aromatic heterocycles. The number of hydrogen-bond acceptors (Lipinski definition) is 5. The summed E-state index contributed by atoms with van der Waals surface area (Å²) in [6.45, 7) is 2.47. The number of nitrogens with zero attached hydrogens (tertiary/aromatic N) is 3. The number of nitrogens with one attached hydrogen (secondary N) is 1. The minimum absolute atomic E-state index is 0.329. The summed E-state index contributed by atoms with van der Waals surface area (Å²) in [4.78, 5) is 15.9. The van der Waals surface area contributed by atoms with Crippen molar-refractivity contribution in [3.05, 3.63) is 71.5 Å². The van der Waals surface area contributed by atoms with E-state index in [4.69, 9.17) is 5.73 Å². The van der Waals surface area contributed by atoms with Crippen molar-refractivity contribution >= 4 is 11.7 Å². The average Bonchev–Trinajstić information content (AvgIpc) is 2.71. The molecule has 1 aliphatic carbocycles. The lowest BCUT2D eigenvalue weighted by atomic mass is 9.65. The molecule has 1 aromatic carbocycles. The van der Waals surface area contributed by atoms with Crippen LogP contribution in [0.2, 0.25) is 0 Å². The molecule has 7 heteroatoms. The van der Waals surface area contributed by atoms with Gasteiger partial charge in [0.05, 0.1) is 5.69 Å². The second-order valence-corrected chi connectivity index (χ2v) is 7.56. The van der Waals surface area contributed by atoms with E-state index in [0.717, 1.165) is 16.8 Å². The number of hydrogen-bond donors (Lipinski definition) is 2. The standard InChI is InChI=1S/C22H22FN5O/c1-14-9-19(27-28-20(14)15-5-4-6-16(10-15)21(24)29)26-13-22(11-17(23)12-22)18-7-2-3-8-25-18/h2-10,17H,11-13H2,1H3,(H2,24,29)(H,26,27). The summed E-state index contributed by atoms with van der Waals surface area (Å²) in [5, 5.41) is 11.9. The Hall–Kier alpha value is -3.35. The Bertz CT molecular complexity index is 1030. The zero-order valence-electron chi connectivity index (χ0n) is 16.1. The Labute approximate surface area is 168 Å². The molecule has 29 heavy (non-hydrogen) atoms. The molecule has 1 aliphatic rings. The average molecular weight is 391 g/mol. The van der Waals surface area contributed by atoms with Crippen LogP contribution in [0.25, 0.3) is 11.3 Å². The van der Waals surface area contributed by atoms with Crippen LogP contribution in [0.4, 0.5) is 10.2 Å². The van der Waals surface area contributed by atoms with Gasteiger partial charge in [-0.05, 0) is 55.7 Å². The highest BCUT2D eigenvalue weighted by molar-refractivity contribution is 5.94. The molecule has 0 radical (unpaired) electrons. The number of aromatic nitrogens is 3. The van der Waals surface area contributed by atoms with Gasteiger partial charge in [0, 0.05) is 35.0 Å². The molecule has 3 aromatic rings. The van der Waals surface area contributed by atoms with E-state index in [1.165, 1.54) is 0 Å². The fourth-order valence-electron chi connectivity index (χ4n) is 3.85. The zero-order chi connectivity index (χ0) is 20.4. The van der Waals surface area contributed by atoms with Crippen molar-refractivity contribution in [3.8, 4) is 11.3 Å². The van der Waals surface area contributed by atoms with Crippen LogP contribution >= 0.6 is 0 Å². The normalized spacial score (nSPS) is 20.7. The third-order valence-electron chi connectivity index (χ3n) is 5.45. The zero-order valence-corrected chi connectivity index (χ0v) is 16.1. The van der Waals surface area contributed by atoms with Gasteiger partial charge in [0.15, 0.2) is 0 Å². The van der Waals surface area contributed by atoms with Gasteiger partial charge in [-0.3, -0.25) is 9.78 Å². The van der Waals surface area contributed by atoms with Crippen molar-refractivity contribution in [1.29, 1.82) is 0 Å². The van der Waals surface area contributed by atoms with E-state index < -0.39 is 12.1 Å². The van der Waals surface area contributed by atoms with Crippen LogP contribution in [0.3, 0.4) is 0 Å². The van der Waals surface area contributed by atoms with Crippen molar-refractivity contribution < 1.29 is 9.18 Å². The minimum Gasteiger partial charge on any atom is -0.368 e. The maximum Gasteiger partial charge on any atom is 0.248 e. The summed E-state index contributed by atoms with van der Waals surface area (Å²) < 4.78 is 13.7. The summed E-state index contributed by atoms with van der Waals surface area (Å²) in [5.41, 5.74) is 8.73. The lowest BCUT2D eigenvalue weighted by Crippen LogP contribution is -2.48. The summed E-state index contributed by atoms with van der Waals surface area (Å²) in [7, 11) is 0. The van der Waals surface area contributed by atoms with Crippen molar-refractivity contribution in [2.75, 3.05) is 11.9 Å². The van der Waals surface area contributed by atoms with Gasteiger partial charge in [0.25, 0.3) is 0 Å². The fourth-order valence-corrected chi connectivity index (χ4v) is 3.85. The molecule has 0 unspecified atom stereocenters. The molecule has 3 N–H and O–H groups in total. The quantitative estimate of drug-likeness (QED) is 0.671. The SMILES string of the molecule is Cc1cc(NCC2(c3ccccn3)CC(F)C2)nnc1-c1cccc(C(N)=O)c1. The van der Waals surface area contributed by atoms with Crippen molar-refractivity contribution in [1.82, 2.24) is 15.2 Å². The number of aryl methyl sites for hydroxylation is 1. The summed E-state index contributed by atoms with van der Waals surface area (Å²) >= 11 is 0. The van der Waals surface area contributed by atoms with Gasteiger partial charge in [0.2, 0.25) is 5.91 Å². The second-order valence-electron chi connectivity index (χ2n) is 7.56. The predicted molar refractivity (Wildman–Crippen MR) is 109 cm³/mol. The van der Waals surface area contributed by atoms with Gasteiger partial charge in [0.1, 0.15) is 12.0 Å². The Kier molecular flexibility index (Phi) is 4.96. The monoisotopic (exact) mass is 391 g/mol. The maximum absolute atomic E-state index is 13.7. The van der Waals surface area contributed by atoms with Gasteiger partial charge in [-0.1, -0.05) is 18.2 Å². The number of anilines is 1. The Morgan fingerprint density at radius 2 is 2.03 bits per heavy atom. The molecule has 0 spiro atoms. The number of benzene rings is 1. The first-order chi connectivity index (χ1) is 14.0. The lowest BCUT2D eigenvalue weighted by Gasteiger charge is -2.44. The molecule has 148 valence electrons. The van der Waals surface area contributed by atoms with E-state index >= 15 is 0 Å². The topological polar surface area (TPSA) is 93.8 Å². The summed E-state index contributed by atoms with van der Waals surface area (Å²) in [6.07, 6.45) is 1.83. The van der Waals surface area contributed by atoms with E-state index in [-0.39, 0.29) is 5.41 Å². The van der Waals surface area contributed by atoms with Gasteiger partial charge in [-0.2, -0.15) is 0 Å². The largest absolute Gasteiger partial charge is 0.368 e. The van der Waals surface area contributed by atoms with Gasteiger partial charge in [-0.15, -0.1) is 10.2 Å². The molecule has 1 amide bonds. The Balaban J connectivity index is 1.53. The molecule has 4 rings (SSSR count). The van der Waals surface area contributed by atoms with Crippen LogP contribution in [0.1, 0.15) is 34.5 Å². The molecule has 2 heterocycles. The van der Waals surface area contributed by atoms with E-state index in [0.29, 0.717) is 36.5 Å². The Morgan fingerprint density at radius 1 is 1.21 bits per heavy atom. The first kappa shape index (κ1) is 19.0. The minimum atomic E-state index is -0.800. The van der Waals surface area contributed by atoms with Crippen molar-refractivity contribution in [3.63, 3.8) is 0 Å². The number of halogens is 1. The fraction of sp³-hybridized carbons (Fsp3) is 0.273. The van der Waals surface area contributed by atoms with Gasteiger partial charge >= 0.3 is 0 Å². The molecule has 0 bridgehead atoms. The van der Waals surface area contributed by atoms with E-state index in [1.807, 2.05) is 37.3 Å². The molecular weight excluding hydrogens is 369 g/mol. The van der Waals surface area contributed by atoms with Gasteiger partial charge in [-0.25, -0.2) is 4.39 Å². The number of primary amides is 1. The number of pyridine rings is 1. The molecule has 0 saturated heterocycles. The highest BCUT2D eigenvalue weighted by Gasteiger charge is 2.47. The van der Waals surface area contributed by atoms with Crippen LogP contribution < -0.4 is 11.1 Å². The molecule has 0 atom stereocenters. The highest BCUT2D eigenvalue weighted by atomic mass is 19.1. The summed E-state index contributed by atoms with van der Waals surface area (Å²) in [5.74, 6) is 0.136. The van der Waals surface area contributed by atoms with E-state index in [2.05, 4.69) is 20.5 Å². The predicted octanol–water partition coefficient (Wildman–Crippen LogP) is 3.43. The molecule has 0 aliphatic heterocycles. The highest BCUT2D eigenvalue weighted by Crippen LogP contribution is 2.44. The first-order valence-corrected chi connectivity index (χ1v) is 9.51. The van der Waals surface area contributed by atoms with Crippen molar-refractivity contribution in [2.24, 2.45) is 5.73 Å². The maximum atomic E-state index is 13.7. The van der Waals surface area contributed by atoms with E-state index in [9.17, 15) is 9.18 Å². The first-order valence-electron chi connectivity index (χ1n) is 9.51.